The van der Waals surface area contributed by atoms with Crippen LogP contribution in [0.5, 0.6) is 0 Å². The van der Waals surface area contributed by atoms with E-state index in [2.05, 4.69) is 6.92 Å². The molecule has 0 bridgehead atoms. The average molecular weight is 317 g/mol. The van der Waals surface area contributed by atoms with Crippen LogP contribution in [0.15, 0.2) is 0 Å². The number of unbranched alkanes of at least 4 members (excludes halogenated alkanes) is 9. The first-order valence-corrected chi connectivity index (χ1v) is 9.66. The summed E-state index contributed by atoms with van der Waals surface area (Å²) in [5, 5.41) is 19.9. The van der Waals surface area contributed by atoms with Crippen molar-refractivity contribution in [3.63, 3.8) is 0 Å². The molecule has 2 N–H and O–H groups in total. The summed E-state index contributed by atoms with van der Waals surface area (Å²) in [5.41, 5.74) is 0. The maximum absolute atomic E-state index is 9.96. The summed E-state index contributed by atoms with van der Waals surface area (Å²) in [6.45, 7) is 5.93. The van der Waals surface area contributed by atoms with Gasteiger partial charge in [-0.2, -0.15) is 0 Å². The molecule has 0 amide bonds. The molecule has 0 saturated heterocycles. The van der Waals surface area contributed by atoms with E-state index in [1.165, 1.54) is 44.9 Å². The van der Waals surface area contributed by atoms with Gasteiger partial charge >= 0.3 is 0 Å². The topological polar surface area (TPSA) is 49.7 Å². The van der Waals surface area contributed by atoms with Crippen molar-refractivity contribution >= 4 is 0 Å². The van der Waals surface area contributed by atoms with Crippen molar-refractivity contribution in [1.29, 1.82) is 0 Å². The van der Waals surface area contributed by atoms with Crippen LogP contribution in [0.3, 0.4) is 0 Å². The standard InChI is InChI=1S/C19H40O3/c1-3-5-6-7-9-12-15-18(20)19(21)16-13-10-8-11-14-17-22-4-2/h18-21H,3-17H2,1-2H3. The Morgan fingerprint density at radius 3 is 1.59 bits per heavy atom. The zero-order chi connectivity index (χ0) is 16.5. The molecular weight excluding hydrogens is 276 g/mol. The highest BCUT2D eigenvalue weighted by atomic mass is 16.5. The van der Waals surface area contributed by atoms with E-state index in [0.717, 1.165) is 51.7 Å². The molecule has 0 spiro atoms. The Labute approximate surface area is 138 Å². The van der Waals surface area contributed by atoms with E-state index in [4.69, 9.17) is 4.74 Å². The van der Waals surface area contributed by atoms with Gasteiger partial charge in [0, 0.05) is 13.2 Å². The fraction of sp³-hybridized carbons (Fsp3) is 1.00. The molecule has 0 aromatic heterocycles. The summed E-state index contributed by atoms with van der Waals surface area (Å²) in [6, 6.07) is 0. The normalized spacial score (nSPS) is 14.2. The molecule has 22 heavy (non-hydrogen) atoms. The molecule has 0 radical (unpaired) electrons. The Morgan fingerprint density at radius 1 is 0.636 bits per heavy atom. The van der Waals surface area contributed by atoms with Gasteiger partial charge in [0.1, 0.15) is 0 Å². The quantitative estimate of drug-likeness (QED) is 0.378. The van der Waals surface area contributed by atoms with Crippen LogP contribution in [0.2, 0.25) is 0 Å². The predicted molar refractivity (Wildman–Crippen MR) is 94.2 cm³/mol. The highest BCUT2D eigenvalue weighted by Gasteiger charge is 2.14. The molecular formula is C19H40O3. The van der Waals surface area contributed by atoms with Gasteiger partial charge in [0.25, 0.3) is 0 Å². The van der Waals surface area contributed by atoms with E-state index in [0.29, 0.717) is 0 Å². The minimum absolute atomic E-state index is 0.524. The van der Waals surface area contributed by atoms with Crippen molar-refractivity contribution in [3.8, 4) is 0 Å². The van der Waals surface area contributed by atoms with Crippen LogP contribution in [-0.4, -0.2) is 35.6 Å². The van der Waals surface area contributed by atoms with Crippen molar-refractivity contribution in [3.05, 3.63) is 0 Å². The summed E-state index contributed by atoms with van der Waals surface area (Å²) >= 11 is 0. The van der Waals surface area contributed by atoms with Gasteiger partial charge in [-0.25, -0.2) is 0 Å². The van der Waals surface area contributed by atoms with Gasteiger partial charge in [0.2, 0.25) is 0 Å². The fourth-order valence-corrected chi connectivity index (χ4v) is 2.75. The van der Waals surface area contributed by atoms with Gasteiger partial charge < -0.3 is 14.9 Å². The maximum atomic E-state index is 9.96. The summed E-state index contributed by atoms with van der Waals surface area (Å²) in [5.74, 6) is 0. The van der Waals surface area contributed by atoms with Gasteiger partial charge in [-0.3, -0.25) is 0 Å². The Balaban J connectivity index is 3.33. The molecule has 0 aliphatic rings. The molecule has 2 unspecified atom stereocenters. The summed E-state index contributed by atoms with van der Waals surface area (Å²) in [7, 11) is 0. The van der Waals surface area contributed by atoms with E-state index in [9.17, 15) is 10.2 Å². The second kappa shape index (κ2) is 17.2. The predicted octanol–water partition coefficient (Wildman–Crippen LogP) is 4.84. The van der Waals surface area contributed by atoms with Crippen molar-refractivity contribution in [2.24, 2.45) is 0 Å². The minimum Gasteiger partial charge on any atom is -0.390 e. The largest absolute Gasteiger partial charge is 0.390 e. The van der Waals surface area contributed by atoms with Gasteiger partial charge in [-0.1, -0.05) is 71.1 Å². The fourth-order valence-electron chi connectivity index (χ4n) is 2.75. The number of ether oxygens (including phenoxy) is 1. The van der Waals surface area contributed by atoms with Crippen molar-refractivity contribution in [2.45, 2.75) is 110 Å². The number of rotatable bonds is 17. The Morgan fingerprint density at radius 2 is 1.09 bits per heavy atom. The second-order valence-corrected chi connectivity index (χ2v) is 6.44. The van der Waals surface area contributed by atoms with Crippen LogP contribution in [0, 0.1) is 0 Å². The van der Waals surface area contributed by atoms with Gasteiger partial charge in [-0.15, -0.1) is 0 Å². The van der Waals surface area contributed by atoms with E-state index >= 15 is 0 Å². The number of aliphatic hydroxyl groups is 2. The van der Waals surface area contributed by atoms with E-state index in [1.54, 1.807) is 0 Å². The zero-order valence-corrected chi connectivity index (χ0v) is 15.1. The molecule has 134 valence electrons. The lowest BCUT2D eigenvalue weighted by Crippen LogP contribution is -2.25. The number of hydrogen-bond acceptors (Lipinski definition) is 3. The summed E-state index contributed by atoms with van der Waals surface area (Å²) < 4.78 is 5.30. The lowest BCUT2D eigenvalue weighted by molar-refractivity contribution is 0.00710. The zero-order valence-electron chi connectivity index (χ0n) is 15.1. The first-order valence-electron chi connectivity index (χ1n) is 9.66. The van der Waals surface area contributed by atoms with Gasteiger partial charge in [-0.05, 0) is 26.2 Å². The molecule has 3 nitrogen and oxygen atoms in total. The number of aliphatic hydroxyl groups excluding tert-OH is 2. The van der Waals surface area contributed by atoms with Crippen LogP contribution in [0.1, 0.15) is 97.3 Å². The first kappa shape index (κ1) is 21.9. The highest BCUT2D eigenvalue weighted by molar-refractivity contribution is 4.67. The van der Waals surface area contributed by atoms with Crippen molar-refractivity contribution in [1.82, 2.24) is 0 Å². The Hall–Kier alpha value is -0.120. The SMILES string of the molecule is CCCCCCCCC(O)C(O)CCCCCCCOCC. The first-order chi connectivity index (χ1) is 10.7. The van der Waals surface area contributed by atoms with Crippen LogP contribution in [0.4, 0.5) is 0 Å². The molecule has 0 aliphatic heterocycles. The third kappa shape index (κ3) is 14.8. The van der Waals surface area contributed by atoms with Gasteiger partial charge in [0.05, 0.1) is 12.2 Å². The van der Waals surface area contributed by atoms with Crippen LogP contribution >= 0.6 is 0 Å². The molecule has 0 aliphatic carbocycles. The third-order valence-electron chi connectivity index (χ3n) is 4.29. The molecule has 3 heteroatoms. The molecule has 0 aromatic carbocycles. The number of hydrogen-bond donors (Lipinski definition) is 2. The maximum Gasteiger partial charge on any atom is 0.0799 e. The van der Waals surface area contributed by atoms with Crippen molar-refractivity contribution < 1.29 is 14.9 Å². The Bertz CT molecular complexity index is 209. The van der Waals surface area contributed by atoms with E-state index in [1.807, 2.05) is 6.92 Å². The molecule has 0 saturated carbocycles. The molecule has 0 rings (SSSR count). The van der Waals surface area contributed by atoms with Crippen LogP contribution in [-0.2, 0) is 4.74 Å². The lowest BCUT2D eigenvalue weighted by atomic mass is 10.00. The summed E-state index contributed by atoms with van der Waals surface area (Å²) in [4.78, 5) is 0. The monoisotopic (exact) mass is 316 g/mol. The third-order valence-corrected chi connectivity index (χ3v) is 4.29. The molecule has 0 fully saturated rings. The van der Waals surface area contributed by atoms with Gasteiger partial charge in [0.15, 0.2) is 0 Å². The molecule has 0 aromatic rings. The van der Waals surface area contributed by atoms with E-state index < -0.39 is 12.2 Å². The smallest absolute Gasteiger partial charge is 0.0799 e. The molecule has 2 atom stereocenters. The van der Waals surface area contributed by atoms with E-state index in [-0.39, 0.29) is 0 Å². The van der Waals surface area contributed by atoms with Crippen LogP contribution in [0.25, 0.3) is 0 Å². The van der Waals surface area contributed by atoms with Crippen LogP contribution < -0.4 is 0 Å². The second-order valence-electron chi connectivity index (χ2n) is 6.44. The summed E-state index contributed by atoms with van der Waals surface area (Å²) in [6.07, 6.45) is 13.5. The minimum atomic E-state index is -0.529. The Kier molecular flexibility index (Phi) is 17.1. The van der Waals surface area contributed by atoms with Crippen molar-refractivity contribution in [2.75, 3.05) is 13.2 Å². The molecule has 0 heterocycles. The lowest BCUT2D eigenvalue weighted by Gasteiger charge is -2.17. The highest BCUT2D eigenvalue weighted by Crippen LogP contribution is 2.14. The average Bonchev–Trinajstić information content (AvgIpc) is 2.52.